The van der Waals surface area contributed by atoms with E-state index >= 15 is 0 Å². The largest absolute Gasteiger partial charge is 0.271 e. The molecule has 0 amide bonds. The topological polar surface area (TPSA) is 72.2 Å². The van der Waals surface area contributed by atoms with Gasteiger partial charge < -0.3 is 0 Å². The van der Waals surface area contributed by atoms with Gasteiger partial charge in [0.1, 0.15) is 9.84 Å². The van der Waals surface area contributed by atoms with Gasteiger partial charge in [-0.2, -0.15) is 0 Å². The molecule has 1 rings (SSSR count). The number of hydrogen-bond donors (Lipinski definition) is 2. The fraction of sp³-hybridized carbons (Fsp3) is 1.00. The smallest absolute Gasteiger partial charge is 0.150 e. The molecule has 72 valence electrons. The Bertz CT molecular complexity index is 212. The summed E-state index contributed by atoms with van der Waals surface area (Å²) in [4.78, 5) is 0. The third kappa shape index (κ3) is 3.08. The molecule has 0 aromatic carbocycles. The molecule has 1 fully saturated rings. The minimum atomic E-state index is -2.69. The Morgan fingerprint density at radius 2 is 1.92 bits per heavy atom. The lowest BCUT2D eigenvalue weighted by atomic mass is 9.99. The molecule has 0 bridgehead atoms. The minimum Gasteiger partial charge on any atom is -0.271 e. The summed E-state index contributed by atoms with van der Waals surface area (Å²) >= 11 is 0. The number of nitrogens with two attached hydrogens (primary N) is 1. The van der Waals surface area contributed by atoms with E-state index in [1.807, 2.05) is 0 Å². The van der Waals surface area contributed by atoms with E-state index in [1.54, 1.807) is 0 Å². The van der Waals surface area contributed by atoms with Gasteiger partial charge in [0.2, 0.25) is 0 Å². The summed E-state index contributed by atoms with van der Waals surface area (Å²) in [6.45, 7) is 0.782. The Labute approximate surface area is 73.4 Å². The van der Waals surface area contributed by atoms with E-state index in [-0.39, 0.29) is 0 Å². The molecule has 1 heterocycles. The van der Waals surface area contributed by atoms with Gasteiger partial charge in [-0.1, -0.05) is 0 Å². The second-order valence-electron chi connectivity index (χ2n) is 3.34. The summed E-state index contributed by atoms with van der Waals surface area (Å²) in [6, 6.07) is 0. The summed E-state index contributed by atoms with van der Waals surface area (Å²) in [5, 5.41) is 0. The summed E-state index contributed by atoms with van der Waals surface area (Å²) in [5.41, 5.74) is 2.59. The maximum Gasteiger partial charge on any atom is 0.150 e. The second kappa shape index (κ2) is 4.20. The molecule has 0 aromatic heterocycles. The van der Waals surface area contributed by atoms with Crippen LogP contribution in [0.2, 0.25) is 0 Å². The highest BCUT2D eigenvalue weighted by Gasteiger charge is 2.22. The molecule has 3 N–H and O–H groups in total. The lowest BCUT2D eigenvalue weighted by Crippen LogP contribution is -2.28. The van der Waals surface area contributed by atoms with E-state index in [0.717, 1.165) is 25.8 Å². The fourth-order valence-electron chi connectivity index (χ4n) is 1.51. The average molecular weight is 192 g/mol. The van der Waals surface area contributed by atoms with E-state index in [0.29, 0.717) is 17.4 Å². The van der Waals surface area contributed by atoms with Crippen molar-refractivity contribution >= 4 is 9.84 Å². The van der Waals surface area contributed by atoms with Gasteiger partial charge in [-0.15, -0.1) is 0 Å². The van der Waals surface area contributed by atoms with Gasteiger partial charge in [0.15, 0.2) is 0 Å². The van der Waals surface area contributed by atoms with Crippen LogP contribution in [0.4, 0.5) is 0 Å². The standard InChI is InChI=1S/C7H16N2O2S/c8-9-4-1-7-2-5-12(10,11)6-3-7/h7,9H,1-6,8H2. The average Bonchev–Trinajstić information content (AvgIpc) is 2.03. The van der Waals surface area contributed by atoms with Crippen molar-refractivity contribution in [2.24, 2.45) is 11.8 Å². The number of nitrogens with one attached hydrogen (secondary N) is 1. The fourth-order valence-corrected chi connectivity index (χ4v) is 3.10. The lowest BCUT2D eigenvalue weighted by molar-refractivity contribution is 0.425. The molecule has 0 spiro atoms. The maximum atomic E-state index is 11.0. The maximum absolute atomic E-state index is 11.0. The van der Waals surface area contributed by atoms with Crippen molar-refractivity contribution in [2.75, 3.05) is 18.1 Å². The van der Waals surface area contributed by atoms with Crippen molar-refractivity contribution in [3.8, 4) is 0 Å². The summed E-state index contributed by atoms with van der Waals surface area (Å²) in [5.74, 6) is 6.40. The predicted molar refractivity (Wildman–Crippen MR) is 48.2 cm³/mol. The van der Waals surface area contributed by atoms with Gasteiger partial charge >= 0.3 is 0 Å². The molecule has 1 aliphatic rings. The molecule has 0 unspecified atom stereocenters. The Morgan fingerprint density at radius 3 is 2.42 bits per heavy atom. The van der Waals surface area contributed by atoms with E-state index < -0.39 is 9.84 Å². The summed E-state index contributed by atoms with van der Waals surface area (Å²) in [7, 11) is -2.69. The van der Waals surface area contributed by atoms with Crippen LogP contribution in [-0.2, 0) is 9.84 Å². The van der Waals surface area contributed by atoms with Crippen LogP contribution in [0, 0.1) is 5.92 Å². The van der Waals surface area contributed by atoms with Crippen molar-refractivity contribution in [3.63, 3.8) is 0 Å². The third-order valence-electron chi connectivity index (χ3n) is 2.37. The molecule has 1 saturated heterocycles. The van der Waals surface area contributed by atoms with E-state index in [4.69, 9.17) is 5.84 Å². The highest BCUT2D eigenvalue weighted by Crippen LogP contribution is 2.20. The van der Waals surface area contributed by atoms with Crippen molar-refractivity contribution in [2.45, 2.75) is 19.3 Å². The first-order valence-corrected chi connectivity index (χ1v) is 6.10. The molecule has 1 aliphatic heterocycles. The summed E-state index contributed by atoms with van der Waals surface area (Å²) < 4.78 is 22.1. The van der Waals surface area contributed by atoms with Crippen LogP contribution in [0.3, 0.4) is 0 Å². The molecule has 0 radical (unpaired) electrons. The number of sulfone groups is 1. The molecule has 0 aliphatic carbocycles. The van der Waals surface area contributed by atoms with E-state index in [2.05, 4.69) is 5.43 Å². The predicted octanol–water partition coefficient (Wildman–Crippen LogP) is -0.335. The highest BCUT2D eigenvalue weighted by atomic mass is 32.2. The first-order chi connectivity index (χ1) is 5.64. The molecular formula is C7H16N2O2S. The monoisotopic (exact) mass is 192 g/mol. The number of hydrazine groups is 1. The first-order valence-electron chi connectivity index (χ1n) is 4.28. The van der Waals surface area contributed by atoms with Crippen LogP contribution < -0.4 is 11.3 Å². The normalized spacial score (nSPS) is 24.1. The zero-order valence-corrected chi connectivity index (χ0v) is 7.94. The minimum absolute atomic E-state index is 0.363. The quantitative estimate of drug-likeness (QED) is 0.474. The number of rotatable bonds is 3. The lowest BCUT2D eigenvalue weighted by Gasteiger charge is -2.21. The zero-order valence-electron chi connectivity index (χ0n) is 7.12. The van der Waals surface area contributed by atoms with Crippen molar-refractivity contribution in [3.05, 3.63) is 0 Å². The third-order valence-corrected chi connectivity index (χ3v) is 4.09. The Kier molecular flexibility index (Phi) is 3.49. The van der Waals surface area contributed by atoms with Gasteiger partial charge in [0.25, 0.3) is 0 Å². The second-order valence-corrected chi connectivity index (χ2v) is 5.64. The van der Waals surface area contributed by atoms with Crippen molar-refractivity contribution < 1.29 is 8.42 Å². The zero-order chi connectivity index (χ0) is 9.03. The van der Waals surface area contributed by atoms with Gasteiger partial charge in [-0.3, -0.25) is 11.3 Å². The Hall–Kier alpha value is -0.130. The molecular weight excluding hydrogens is 176 g/mol. The van der Waals surface area contributed by atoms with Gasteiger partial charge in [-0.25, -0.2) is 8.42 Å². The van der Waals surface area contributed by atoms with Crippen molar-refractivity contribution in [1.82, 2.24) is 5.43 Å². The van der Waals surface area contributed by atoms with Crippen LogP contribution in [0.1, 0.15) is 19.3 Å². The number of hydrogen-bond acceptors (Lipinski definition) is 4. The molecule has 0 saturated carbocycles. The Balaban J connectivity index is 2.27. The Morgan fingerprint density at radius 1 is 1.33 bits per heavy atom. The van der Waals surface area contributed by atoms with E-state index in [1.165, 1.54) is 0 Å². The van der Waals surface area contributed by atoms with Crippen LogP contribution in [0.25, 0.3) is 0 Å². The van der Waals surface area contributed by atoms with Gasteiger partial charge in [0.05, 0.1) is 11.5 Å². The van der Waals surface area contributed by atoms with Crippen molar-refractivity contribution in [1.29, 1.82) is 0 Å². The van der Waals surface area contributed by atoms with E-state index in [9.17, 15) is 8.42 Å². The molecule has 0 atom stereocenters. The summed E-state index contributed by atoms with van der Waals surface area (Å²) in [6.07, 6.45) is 2.61. The van der Waals surface area contributed by atoms with Gasteiger partial charge in [-0.05, 0) is 25.2 Å². The van der Waals surface area contributed by atoms with Crippen LogP contribution in [0.15, 0.2) is 0 Å². The molecule has 0 aromatic rings. The van der Waals surface area contributed by atoms with Crippen LogP contribution >= 0.6 is 0 Å². The van der Waals surface area contributed by atoms with Gasteiger partial charge in [0, 0.05) is 6.54 Å². The highest BCUT2D eigenvalue weighted by molar-refractivity contribution is 7.91. The molecule has 12 heavy (non-hydrogen) atoms. The first kappa shape index (κ1) is 9.95. The van der Waals surface area contributed by atoms with Crippen LogP contribution in [-0.4, -0.2) is 26.5 Å². The molecule has 4 nitrogen and oxygen atoms in total. The SMILES string of the molecule is NNCCC1CCS(=O)(=O)CC1. The van der Waals surface area contributed by atoms with Crippen LogP contribution in [0.5, 0.6) is 0 Å². The molecule has 5 heteroatoms.